The number of nitrogens with zero attached hydrogens (tertiary/aromatic N) is 2. The molecular formula is C23H22N2O3S. The number of aryl methyl sites for hydroxylation is 2. The van der Waals surface area contributed by atoms with Crippen LogP contribution in [0.15, 0.2) is 46.9 Å². The summed E-state index contributed by atoms with van der Waals surface area (Å²) in [5.41, 5.74) is 4.05. The fraction of sp³-hybridized carbons (Fsp3) is 0.304. The first-order valence-electron chi connectivity index (χ1n) is 9.88. The Hall–Kier alpha value is -2.70. The van der Waals surface area contributed by atoms with Crippen molar-refractivity contribution < 1.29 is 13.9 Å². The van der Waals surface area contributed by atoms with Gasteiger partial charge in [-0.3, -0.25) is 9.69 Å². The highest BCUT2D eigenvalue weighted by atomic mass is 32.1. The monoisotopic (exact) mass is 406 g/mol. The van der Waals surface area contributed by atoms with Crippen molar-refractivity contribution in [2.75, 3.05) is 18.1 Å². The van der Waals surface area contributed by atoms with Gasteiger partial charge in [0.15, 0.2) is 10.9 Å². The van der Waals surface area contributed by atoms with Crippen LogP contribution in [0.3, 0.4) is 0 Å². The van der Waals surface area contributed by atoms with Crippen LogP contribution in [0.2, 0.25) is 0 Å². The zero-order chi connectivity index (χ0) is 20.0. The van der Waals surface area contributed by atoms with Crippen LogP contribution in [0.25, 0.3) is 21.2 Å². The Bertz CT molecular complexity index is 1130. The predicted molar refractivity (Wildman–Crippen MR) is 116 cm³/mol. The smallest absolute Gasteiger partial charge is 0.295 e. The molecule has 1 aliphatic heterocycles. The molecule has 0 radical (unpaired) electrons. The van der Waals surface area contributed by atoms with E-state index < -0.39 is 0 Å². The number of fused-ring (bicyclic) bond motifs is 2. The van der Waals surface area contributed by atoms with E-state index in [1.54, 1.807) is 4.90 Å². The number of para-hydroxylation sites is 1. The highest BCUT2D eigenvalue weighted by Gasteiger charge is 2.29. The van der Waals surface area contributed by atoms with Crippen LogP contribution < -0.4 is 4.90 Å². The predicted octanol–water partition coefficient (Wildman–Crippen LogP) is 5.49. The third kappa shape index (κ3) is 3.43. The number of carbonyl (C=O) groups excluding carboxylic acids is 1. The van der Waals surface area contributed by atoms with Gasteiger partial charge in [-0.05, 0) is 62.1 Å². The van der Waals surface area contributed by atoms with Crippen LogP contribution in [-0.4, -0.2) is 30.1 Å². The molecule has 2 aromatic heterocycles. The standard InChI is InChI=1S/C23H22N2O3S/c1-14-10-18-21(11-15(14)2)29-23(24-18)25(13-17-7-5-9-27-17)22(26)20-12-16-6-3-4-8-19(16)28-20/h3-4,6,8,10-12,17H,5,7,9,13H2,1-2H3/t17-/m0/s1. The van der Waals surface area contributed by atoms with Gasteiger partial charge < -0.3 is 9.15 Å². The normalized spacial score (nSPS) is 16.7. The second-order valence-corrected chi connectivity index (χ2v) is 8.61. The zero-order valence-electron chi connectivity index (χ0n) is 16.5. The first-order valence-corrected chi connectivity index (χ1v) is 10.7. The van der Waals surface area contributed by atoms with Gasteiger partial charge in [0, 0.05) is 12.0 Å². The van der Waals surface area contributed by atoms with Crippen molar-refractivity contribution in [2.24, 2.45) is 0 Å². The van der Waals surface area contributed by atoms with Crippen molar-refractivity contribution in [2.45, 2.75) is 32.8 Å². The Balaban J connectivity index is 1.56. The van der Waals surface area contributed by atoms with E-state index in [1.165, 1.54) is 22.5 Å². The fourth-order valence-corrected chi connectivity index (χ4v) is 4.80. The molecule has 0 unspecified atom stereocenters. The summed E-state index contributed by atoms with van der Waals surface area (Å²) in [7, 11) is 0. The Morgan fingerprint density at radius 3 is 2.83 bits per heavy atom. The minimum Gasteiger partial charge on any atom is -0.451 e. The summed E-state index contributed by atoms with van der Waals surface area (Å²) in [5, 5.41) is 1.61. The number of amides is 1. The van der Waals surface area contributed by atoms with Gasteiger partial charge in [-0.25, -0.2) is 4.98 Å². The maximum atomic E-state index is 13.5. The van der Waals surface area contributed by atoms with E-state index in [2.05, 4.69) is 26.0 Å². The summed E-state index contributed by atoms with van der Waals surface area (Å²) < 4.78 is 12.7. The molecule has 1 fully saturated rings. The molecular weight excluding hydrogens is 384 g/mol. The van der Waals surface area contributed by atoms with Crippen LogP contribution in [0.1, 0.15) is 34.5 Å². The van der Waals surface area contributed by atoms with Crippen LogP contribution in [0, 0.1) is 13.8 Å². The van der Waals surface area contributed by atoms with Crippen LogP contribution in [0.5, 0.6) is 0 Å². The van der Waals surface area contributed by atoms with Gasteiger partial charge in [-0.15, -0.1) is 0 Å². The molecule has 4 aromatic rings. The Kier molecular flexibility index (Phi) is 4.60. The molecule has 1 aliphatic rings. The van der Waals surface area contributed by atoms with Gasteiger partial charge in [0.05, 0.1) is 22.9 Å². The van der Waals surface area contributed by atoms with Crippen molar-refractivity contribution in [3.63, 3.8) is 0 Å². The second-order valence-electron chi connectivity index (χ2n) is 7.60. The minimum atomic E-state index is -0.177. The van der Waals surface area contributed by atoms with Crippen molar-refractivity contribution in [3.8, 4) is 0 Å². The first-order chi connectivity index (χ1) is 14.1. The van der Waals surface area contributed by atoms with E-state index >= 15 is 0 Å². The molecule has 3 heterocycles. The van der Waals surface area contributed by atoms with E-state index in [-0.39, 0.29) is 12.0 Å². The minimum absolute atomic E-state index is 0.0267. The molecule has 1 atom stereocenters. The van der Waals surface area contributed by atoms with Gasteiger partial charge in [0.25, 0.3) is 5.91 Å². The average Bonchev–Trinajstić information content (AvgIpc) is 3.45. The fourth-order valence-electron chi connectivity index (χ4n) is 3.74. The maximum absolute atomic E-state index is 13.5. The average molecular weight is 407 g/mol. The van der Waals surface area contributed by atoms with Crippen molar-refractivity contribution in [1.82, 2.24) is 4.98 Å². The zero-order valence-corrected chi connectivity index (χ0v) is 17.3. The molecule has 0 saturated carbocycles. The number of furan rings is 1. The molecule has 29 heavy (non-hydrogen) atoms. The third-order valence-electron chi connectivity index (χ3n) is 5.52. The summed E-state index contributed by atoms with van der Waals surface area (Å²) in [6.45, 7) is 5.40. The maximum Gasteiger partial charge on any atom is 0.295 e. The third-order valence-corrected chi connectivity index (χ3v) is 6.56. The van der Waals surface area contributed by atoms with Crippen molar-refractivity contribution in [3.05, 3.63) is 59.4 Å². The molecule has 5 rings (SSSR count). The number of benzene rings is 2. The van der Waals surface area contributed by atoms with Gasteiger partial charge in [-0.1, -0.05) is 29.5 Å². The van der Waals surface area contributed by atoms with Crippen LogP contribution in [0.4, 0.5) is 5.13 Å². The van der Waals surface area contributed by atoms with Gasteiger partial charge in [0.1, 0.15) is 5.58 Å². The van der Waals surface area contributed by atoms with Crippen LogP contribution in [-0.2, 0) is 4.74 Å². The summed E-state index contributed by atoms with van der Waals surface area (Å²) in [4.78, 5) is 20.0. The van der Waals surface area contributed by atoms with E-state index in [0.717, 1.165) is 35.1 Å². The number of rotatable bonds is 4. The molecule has 0 aliphatic carbocycles. The number of anilines is 1. The molecule has 5 nitrogen and oxygen atoms in total. The van der Waals surface area contributed by atoms with Crippen molar-refractivity contribution >= 4 is 43.6 Å². The topological polar surface area (TPSA) is 55.6 Å². The quantitative estimate of drug-likeness (QED) is 0.450. The summed E-state index contributed by atoms with van der Waals surface area (Å²) >= 11 is 1.54. The van der Waals surface area contributed by atoms with E-state index in [1.807, 2.05) is 30.3 Å². The van der Waals surface area contributed by atoms with Gasteiger partial charge in [-0.2, -0.15) is 0 Å². The number of hydrogen-bond acceptors (Lipinski definition) is 5. The van der Waals surface area contributed by atoms with Gasteiger partial charge in [0.2, 0.25) is 0 Å². The number of hydrogen-bond donors (Lipinski definition) is 0. The van der Waals surface area contributed by atoms with E-state index in [0.29, 0.717) is 23.0 Å². The lowest BCUT2D eigenvalue weighted by molar-refractivity contribution is 0.0896. The Labute approximate surface area is 172 Å². The highest BCUT2D eigenvalue weighted by molar-refractivity contribution is 7.22. The lowest BCUT2D eigenvalue weighted by atomic mass is 10.1. The van der Waals surface area contributed by atoms with Crippen molar-refractivity contribution in [1.29, 1.82) is 0 Å². The lowest BCUT2D eigenvalue weighted by Gasteiger charge is -2.22. The molecule has 0 N–H and O–H groups in total. The summed E-state index contributed by atoms with van der Waals surface area (Å²) in [6.07, 6.45) is 2.00. The molecule has 2 aromatic carbocycles. The lowest BCUT2D eigenvalue weighted by Crippen LogP contribution is -2.37. The first kappa shape index (κ1) is 18.3. The number of carbonyl (C=O) groups is 1. The number of thiazole rings is 1. The molecule has 148 valence electrons. The molecule has 1 saturated heterocycles. The molecule has 1 amide bonds. The Morgan fingerprint density at radius 2 is 2.03 bits per heavy atom. The summed E-state index contributed by atoms with van der Waals surface area (Å²) in [6, 6.07) is 13.7. The molecule has 0 spiro atoms. The Morgan fingerprint density at radius 1 is 1.21 bits per heavy atom. The van der Waals surface area contributed by atoms with E-state index in [4.69, 9.17) is 14.1 Å². The molecule has 0 bridgehead atoms. The molecule has 6 heteroatoms. The second kappa shape index (κ2) is 7.28. The number of ether oxygens (including phenoxy) is 1. The largest absolute Gasteiger partial charge is 0.451 e. The van der Waals surface area contributed by atoms with Crippen LogP contribution >= 0.6 is 11.3 Å². The van der Waals surface area contributed by atoms with E-state index in [9.17, 15) is 4.79 Å². The summed E-state index contributed by atoms with van der Waals surface area (Å²) in [5.74, 6) is 0.153. The number of aromatic nitrogens is 1. The van der Waals surface area contributed by atoms with Gasteiger partial charge >= 0.3 is 0 Å². The SMILES string of the molecule is Cc1cc2nc(N(C[C@@H]3CCCO3)C(=O)c3cc4ccccc4o3)sc2cc1C. The highest BCUT2D eigenvalue weighted by Crippen LogP contribution is 2.33.